The van der Waals surface area contributed by atoms with Crippen molar-refractivity contribution in [1.29, 1.82) is 0 Å². The summed E-state index contributed by atoms with van der Waals surface area (Å²) in [4.78, 5) is 34.2. The van der Waals surface area contributed by atoms with Gasteiger partial charge in [0.1, 0.15) is 0 Å². The molecule has 0 aliphatic carbocycles. The van der Waals surface area contributed by atoms with Crippen molar-refractivity contribution in [1.82, 2.24) is 0 Å². The maximum absolute atomic E-state index is 11.7. The Hall–Kier alpha value is -2.37. The van der Waals surface area contributed by atoms with Gasteiger partial charge in [0.2, 0.25) is 0 Å². The Balaban J connectivity index is 3.13. The highest BCUT2D eigenvalue weighted by molar-refractivity contribution is 5.89. The first-order valence-corrected chi connectivity index (χ1v) is 6.53. The quantitative estimate of drug-likeness (QED) is 0.663. The van der Waals surface area contributed by atoms with E-state index >= 15 is 0 Å². The molecule has 0 amide bonds. The van der Waals surface area contributed by atoms with Crippen LogP contribution in [0.2, 0.25) is 0 Å². The zero-order valence-corrected chi connectivity index (χ0v) is 12.4. The maximum Gasteiger partial charge on any atom is 0.335 e. The number of esters is 2. The molecule has 6 heteroatoms. The number of rotatable bonds is 5. The van der Waals surface area contributed by atoms with Crippen LogP contribution in [0.5, 0.6) is 11.5 Å². The predicted octanol–water partition coefficient (Wildman–Crippen LogP) is 2.51. The van der Waals surface area contributed by atoms with Gasteiger partial charge < -0.3 is 14.6 Å². The molecule has 0 heterocycles. The molecule has 6 nitrogen and oxygen atoms in total. The van der Waals surface area contributed by atoms with Gasteiger partial charge in [-0.25, -0.2) is 4.79 Å². The van der Waals surface area contributed by atoms with E-state index in [1.165, 1.54) is 12.1 Å². The summed E-state index contributed by atoms with van der Waals surface area (Å²) >= 11 is 0. The van der Waals surface area contributed by atoms with Crippen molar-refractivity contribution in [3.63, 3.8) is 0 Å². The molecular formula is C15H18O6. The van der Waals surface area contributed by atoms with Crippen molar-refractivity contribution < 1.29 is 29.0 Å². The fourth-order valence-corrected chi connectivity index (χ4v) is 1.26. The second kappa shape index (κ2) is 6.88. The molecule has 0 saturated heterocycles. The van der Waals surface area contributed by atoms with Gasteiger partial charge in [0, 0.05) is 0 Å². The van der Waals surface area contributed by atoms with Gasteiger partial charge in [0.05, 0.1) is 17.4 Å². The summed E-state index contributed by atoms with van der Waals surface area (Å²) < 4.78 is 10.2. The van der Waals surface area contributed by atoms with E-state index in [4.69, 9.17) is 14.6 Å². The molecule has 0 atom stereocenters. The second-order valence-corrected chi connectivity index (χ2v) is 5.12. The molecule has 1 rings (SSSR count). The van der Waals surface area contributed by atoms with Crippen molar-refractivity contribution in [3.8, 4) is 11.5 Å². The third-order valence-corrected chi connectivity index (χ3v) is 2.55. The maximum atomic E-state index is 11.7. The van der Waals surface area contributed by atoms with E-state index < -0.39 is 23.8 Å². The van der Waals surface area contributed by atoms with Crippen molar-refractivity contribution in [2.24, 2.45) is 11.8 Å². The monoisotopic (exact) mass is 294 g/mol. The summed E-state index contributed by atoms with van der Waals surface area (Å²) in [5.41, 5.74) is -0.0640. The minimum atomic E-state index is -1.17. The van der Waals surface area contributed by atoms with Crippen LogP contribution in [0.3, 0.4) is 0 Å². The number of hydrogen-bond acceptors (Lipinski definition) is 5. The van der Waals surface area contributed by atoms with Gasteiger partial charge in [-0.15, -0.1) is 0 Å². The van der Waals surface area contributed by atoms with Crippen LogP contribution in [0, 0.1) is 11.8 Å². The minimum absolute atomic E-state index is 0.0210. The lowest BCUT2D eigenvalue weighted by atomic mass is 10.2. The molecule has 1 N–H and O–H groups in total. The van der Waals surface area contributed by atoms with E-state index in [1.54, 1.807) is 27.7 Å². The largest absolute Gasteiger partial charge is 0.478 e. The molecule has 114 valence electrons. The first-order valence-electron chi connectivity index (χ1n) is 6.53. The molecule has 0 aliphatic heterocycles. The summed E-state index contributed by atoms with van der Waals surface area (Å²) in [5.74, 6) is -3.03. The number of benzene rings is 1. The average Bonchev–Trinajstić information content (AvgIpc) is 2.39. The van der Waals surface area contributed by atoms with E-state index in [0.29, 0.717) is 0 Å². The first-order chi connectivity index (χ1) is 9.72. The zero-order valence-electron chi connectivity index (χ0n) is 12.4. The van der Waals surface area contributed by atoms with Gasteiger partial charge in [-0.3, -0.25) is 9.59 Å². The Labute approximate surface area is 122 Å². The Bertz CT molecular complexity index is 559. The van der Waals surface area contributed by atoms with Crippen LogP contribution in [-0.4, -0.2) is 23.0 Å². The van der Waals surface area contributed by atoms with E-state index in [1.807, 2.05) is 0 Å². The number of carbonyl (C=O) groups excluding carboxylic acids is 2. The third kappa shape index (κ3) is 4.59. The molecule has 0 saturated carbocycles. The normalized spacial score (nSPS) is 10.6. The fraction of sp³-hybridized carbons (Fsp3) is 0.400. The highest BCUT2D eigenvalue weighted by Gasteiger charge is 2.19. The Kier molecular flexibility index (Phi) is 5.46. The molecule has 1 aromatic carbocycles. The number of carbonyl (C=O) groups is 3. The van der Waals surface area contributed by atoms with Gasteiger partial charge in [-0.1, -0.05) is 27.7 Å². The SMILES string of the molecule is CC(C)C(=O)Oc1ccc(C(=O)O)cc1OC(=O)C(C)C. The van der Waals surface area contributed by atoms with Gasteiger partial charge in [0.15, 0.2) is 11.5 Å². The molecule has 0 spiro atoms. The topological polar surface area (TPSA) is 89.9 Å². The fourth-order valence-electron chi connectivity index (χ4n) is 1.26. The van der Waals surface area contributed by atoms with Crippen LogP contribution in [0.25, 0.3) is 0 Å². The molecule has 0 fully saturated rings. The Morgan fingerprint density at radius 3 is 1.81 bits per heavy atom. The van der Waals surface area contributed by atoms with Crippen molar-refractivity contribution in [3.05, 3.63) is 23.8 Å². The lowest BCUT2D eigenvalue weighted by Gasteiger charge is -2.13. The first kappa shape index (κ1) is 16.7. The molecule has 21 heavy (non-hydrogen) atoms. The summed E-state index contributed by atoms with van der Waals surface area (Å²) in [6.07, 6.45) is 0. The van der Waals surface area contributed by atoms with Crippen LogP contribution in [0.15, 0.2) is 18.2 Å². The van der Waals surface area contributed by atoms with Crippen LogP contribution >= 0.6 is 0 Å². The molecule has 0 bridgehead atoms. The Morgan fingerprint density at radius 1 is 0.905 bits per heavy atom. The number of aromatic carboxylic acids is 1. The molecular weight excluding hydrogens is 276 g/mol. The van der Waals surface area contributed by atoms with E-state index in [9.17, 15) is 14.4 Å². The van der Waals surface area contributed by atoms with Gasteiger partial charge in [0.25, 0.3) is 0 Å². The van der Waals surface area contributed by atoms with E-state index in [0.717, 1.165) is 6.07 Å². The lowest BCUT2D eigenvalue weighted by molar-refractivity contribution is -0.140. The number of carboxylic acid groups (broad SMARTS) is 1. The van der Waals surface area contributed by atoms with Crippen molar-refractivity contribution in [2.75, 3.05) is 0 Å². The summed E-state index contributed by atoms with van der Waals surface area (Å²) in [7, 11) is 0. The summed E-state index contributed by atoms with van der Waals surface area (Å²) in [5, 5.41) is 8.97. The minimum Gasteiger partial charge on any atom is -0.478 e. The molecule has 0 aliphatic rings. The van der Waals surface area contributed by atoms with E-state index in [2.05, 4.69) is 0 Å². The zero-order chi connectivity index (χ0) is 16.2. The Morgan fingerprint density at radius 2 is 1.38 bits per heavy atom. The summed E-state index contributed by atoms with van der Waals surface area (Å²) in [6, 6.07) is 3.73. The average molecular weight is 294 g/mol. The predicted molar refractivity (Wildman–Crippen MR) is 74.3 cm³/mol. The lowest BCUT2D eigenvalue weighted by Crippen LogP contribution is -2.18. The smallest absolute Gasteiger partial charge is 0.335 e. The standard InChI is InChI=1S/C15H18O6/c1-8(2)14(18)20-11-6-5-10(13(16)17)7-12(11)21-15(19)9(3)4/h5-9H,1-4H3,(H,16,17). The number of carboxylic acids is 1. The van der Waals surface area contributed by atoms with Crippen LogP contribution in [0.4, 0.5) is 0 Å². The van der Waals surface area contributed by atoms with Crippen molar-refractivity contribution in [2.45, 2.75) is 27.7 Å². The third-order valence-electron chi connectivity index (χ3n) is 2.55. The van der Waals surface area contributed by atoms with Crippen LogP contribution in [0.1, 0.15) is 38.1 Å². The highest BCUT2D eigenvalue weighted by atomic mass is 16.6. The summed E-state index contributed by atoms with van der Waals surface area (Å²) in [6.45, 7) is 6.61. The van der Waals surface area contributed by atoms with Crippen molar-refractivity contribution >= 4 is 17.9 Å². The van der Waals surface area contributed by atoms with Crippen LogP contribution in [-0.2, 0) is 9.59 Å². The van der Waals surface area contributed by atoms with Gasteiger partial charge >= 0.3 is 17.9 Å². The molecule has 0 unspecified atom stereocenters. The van der Waals surface area contributed by atoms with Crippen LogP contribution < -0.4 is 9.47 Å². The van der Waals surface area contributed by atoms with Gasteiger partial charge in [-0.05, 0) is 18.2 Å². The number of hydrogen-bond donors (Lipinski definition) is 1. The molecule has 0 aromatic heterocycles. The molecule has 1 aromatic rings. The molecule has 0 radical (unpaired) electrons. The van der Waals surface area contributed by atoms with E-state index in [-0.39, 0.29) is 23.0 Å². The highest BCUT2D eigenvalue weighted by Crippen LogP contribution is 2.30. The number of ether oxygens (including phenoxy) is 2. The van der Waals surface area contributed by atoms with Gasteiger partial charge in [-0.2, -0.15) is 0 Å². The second-order valence-electron chi connectivity index (χ2n) is 5.12.